The molecule has 0 aliphatic carbocycles. The summed E-state index contributed by atoms with van der Waals surface area (Å²) in [5.74, 6) is -0.0405. The predicted octanol–water partition coefficient (Wildman–Crippen LogP) is 3.45. The first-order valence-corrected chi connectivity index (χ1v) is 6.88. The molecule has 0 spiro atoms. The minimum Gasteiger partial charge on any atom is -0.334 e. The van der Waals surface area contributed by atoms with E-state index < -0.39 is 0 Å². The molecule has 1 aromatic carbocycles. The van der Waals surface area contributed by atoms with Crippen LogP contribution in [-0.2, 0) is 0 Å². The fourth-order valence-corrected chi connectivity index (χ4v) is 2.71. The van der Waals surface area contributed by atoms with E-state index in [-0.39, 0.29) is 17.8 Å². The van der Waals surface area contributed by atoms with E-state index in [1.54, 1.807) is 17.0 Å². The number of likely N-dealkylation sites (tertiary alicyclic amines) is 1. The van der Waals surface area contributed by atoms with Gasteiger partial charge in [-0.2, -0.15) is 0 Å². The number of carbonyl (C=O) groups excluding carboxylic acids is 1. The molecule has 1 aliphatic heterocycles. The van der Waals surface area contributed by atoms with Crippen LogP contribution in [0.4, 0.5) is 4.39 Å². The van der Waals surface area contributed by atoms with E-state index in [1.807, 2.05) is 0 Å². The maximum atomic E-state index is 13.2. The largest absolute Gasteiger partial charge is 0.334 e. The van der Waals surface area contributed by atoms with Crippen molar-refractivity contribution in [2.24, 2.45) is 0 Å². The van der Waals surface area contributed by atoms with E-state index in [0.29, 0.717) is 18.0 Å². The molecule has 1 atom stereocenters. The van der Waals surface area contributed by atoms with Gasteiger partial charge in [0, 0.05) is 24.0 Å². The van der Waals surface area contributed by atoms with Crippen LogP contribution < -0.4 is 0 Å². The van der Waals surface area contributed by atoms with E-state index in [4.69, 9.17) is 11.6 Å². The Hall–Kier alpha value is -1.09. The van der Waals surface area contributed by atoms with Crippen molar-refractivity contribution in [1.29, 1.82) is 0 Å². The molecule has 1 heterocycles. The Balaban J connectivity index is 2.19. The molecule has 1 saturated heterocycles. The second-order valence-electron chi connectivity index (χ2n) is 4.67. The van der Waals surface area contributed by atoms with Gasteiger partial charge in [0.2, 0.25) is 0 Å². The van der Waals surface area contributed by atoms with Crippen molar-refractivity contribution in [3.05, 3.63) is 35.6 Å². The number of amides is 1. The van der Waals surface area contributed by atoms with Gasteiger partial charge in [0.05, 0.1) is 0 Å². The minimum absolute atomic E-state index is 0.0740. The molecular formula is C14H17ClFNO. The molecule has 1 aromatic rings. The smallest absolute Gasteiger partial charge is 0.254 e. The lowest BCUT2D eigenvalue weighted by Crippen LogP contribution is -2.41. The average Bonchev–Trinajstić information content (AvgIpc) is 2.62. The number of alkyl halides is 1. The molecule has 1 amide bonds. The van der Waals surface area contributed by atoms with Gasteiger partial charge in [0.15, 0.2) is 0 Å². The quantitative estimate of drug-likeness (QED) is 0.753. The molecule has 1 unspecified atom stereocenters. The molecule has 0 saturated carbocycles. The zero-order chi connectivity index (χ0) is 13.0. The van der Waals surface area contributed by atoms with Gasteiger partial charge in [-0.25, -0.2) is 4.39 Å². The van der Waals surface area contributed by atoms with Crippen molar-refractivity contribution >= 4 is 17.5 Å². The minimum atomic E-state index is -0.377. The van der Waals surface area contributed by atoms with Crippen LogP contribution in [0.1, 0.15) is 36.0 Å². The zero-order valence-electron chi connectivity index (χ0n) is 10.2. The molecule has 4 heteroatoms. The van der Waals surface area contributed by atoms with Crippen LogP contribution in [0.3, 0.4) is 0 Å². The number of hydrogen-bond acceptors (Lipinski definition) is 1. The van der Waals surface area contributed by atoms with E-state index in [0.717, 1.165) is 25.7 Å². The van der Waals surface area contributed by atoms with Crippen molar-refractivity contribution in [2.45, 2.75) is 31.7 Å². The van der Waals surface area contributed by atoms with Crippen molar-refractivity contribution in [2.75, 3.05) is 12.4 Å². The summed E-state index contributed by atoms with van der Waals surface area (Å²) in [6.45, 7) is 0.715. The van der Waals surface area contributed by atoms with Gasteiger partial charge in [-0.05, 0) is 31.0 Å². The summed E-state index contributed by atoms with van der Waals surface area (Å²) >= 11 is 5.94. The van der Waals surface area contributed by atoms with Crippen LogP contribution in [0.5, 0.6) is 0 Å². The highest BCUT2D eigenvalue weighted by atomic mass is 35.5. The topological polar surface area (TPSA) is 20.3 Å². The molecule has 18 heavy (non-hydrogen) atoms. The van der Waals surface area contributed by atoms with Gasteiger partial charge >= 0.3 is 0 Å². The Kier molecular flexibility index (Phi) is 4.59. The third kappa shape index (κ3) is 3.02. The maximum Gasteiger partial charge on any atom is 0.254 e. The van der Waals surface area contributed by atoms with Gasteiger partial charge < -0.3 is 4.90 Å². The number of nitrogens with zero attached hydrogens (tertiary/aromatic N) is 1. The second-order valence-corrected chi connectivity index (χ2v) is 4.97. The first kappa shape index (κ1) is 13.3. The van der Waals surface area contributed by atoms with Gasteiger partial charge in [-0.1, -0.05) is 18.9 Å². The van der Waals surface area contributed by atoms with Crippen molar-refractivity contribution in [3.8, 4) is 0 Å². The lowest BCUT2D eigenvalue weighted by Gasteiger charge is -2.28. The summed E-state index contributed by atoms with van der Waals surface area (Å²) in [6.07, 6.45) is 4.16. The van der Waals surface area contributed by atoms with Crippen LogP contribution in [0.15, 0.2) is 24.3 Å². The fourth-order valence-electron chi connectivity index (χ4n) is 2.39. The Morgan fingerprint density at radius 3 is 2.94 bits per heavy atom. The highest BCUT2D eigenvalue weighted by Gasteiger charge is 2.25. The van der Waals surface area contributed by atoms with Gasteiger partial charge in [-0.15, -0.1) is 11.6 Å². The van der Waals surface area contributed by atoms with Crippen LogP contribution in [0.2, 0.25) is 0 Å². The highest BCUT2D eigenvalue weighted by Crippen LogP contribution is 2.20. The number of hydrogen-bond donors (Lipinski definition) is 0. The summed E-state index contributed by atoms with van der Waals surface area (Å²) < 4.78 is 13.2. The van der Waals surface area contributed by atoms with Crippen LogP contribution >= 0.6 is 11.6 Å². The molecule has 1 fully saturated rings. The van der Waals surface area contributed by atoms with Gasteiger partial charge in [0.1, 0.15) is 5.82 Å². The monoisotopic (exact) mass is 269 g/mol. The zero-order valence-corrected chi connectivity index (χ0v) is 11.0. The van der Waals surface area contributed by atoms with Crippen molar-refractivity contribution in [1.82, 2.24) is 4.90 Å². The van der Waals surface area contributed by atoms with E-state index in [2.05, 4.69) is 0 Å². The molecule has 1 aliphatic rings. The lowest BCUT2D eigenvalue weighted by molar-refractivity contribution is 0.0700. The molecule has 2 rings (SSSR count). The van der Waals surface area contributed by atoms with E-state index in [9.17, 15) is 9.18 Å². The molecule has 2 nitrogen and oxygen atoms in total. The number of halogens is 2. The molecule has 0 N–H and O–H groups in total. The Bertz CT molecular complexity index is 424. The third-order valence-electron chi connectivity index (χ3n) is 3.39. The molecule has 0 bridgehead atoms. The van der Waals surface area contributed by atoms with Crippen LogP contribution in [0.25, 0.3) is 0 Å². The summed E-state index contributed by atoms with van der Waals surface area (Å²) in [7, 11) is 0. The first-order valence-electron chi connectivity index (χ1n) is 6.35. The molecular weight excluding hydrogens is 253 g/mol. The van der Waals surface area contributed by atoms with Gasteiger partial charge in [0.25, 0.3) is 5.91 Å². The molecule has 98 valence electrons. The number of carbonyl (C=O) groups is 1. The third-order valence-corrected chi connectivity index (χ3v) is 3.74. The Morgan fingerprint density at radius 2 is 2.22 bits per heavy atom. The molecule has 0 aromatic heterocycles. The summed E-state index contributed by atoms with van der Waals surface area (Å²) in [4.78, 5) is 14.2. The number of benzene rings is 1. The summed E-state index contributed by atoms with van der Waals surface area (Å²) in [5, 5.41) is 0. The normalized spacial score (nSPS) is 20.6. The second kappa shape index (κ2) is 6.19. The standard InChI is InChI=1S/C14H17ClFNO/c15-10-13-7-2-1-3-8-17(13)14(18)11-5-4-6-12(16)9-11/h4-6,9,13H,1-3,7-8,10H2. The number of rotatable bonds is 2. The van der Waals surface area contributed by atoms with Crippen LogP contribution in [0, 0.1) is 5.82 Å². The Morgan fingerprint density at radius 1 is 1.39 bits per heavy atom. The SMILES string of the molecule is O=C(c1cccc(F)c1)N1CCCCCC1CCl. The highest BCUT2D eigenvalue weighted by molar-refractivity contribution is 6.18. The van der Waals surface area contributed by atoms with E-state index in [1.165, 1.54) is 12.1 Å². The lowest BCUT2D eigenvalue weighted by atomic mass is 10.1. The van der Waals surface area contributed by atoms with Crippen molar-refractivity contribution < 1.29 is 9.18 Å². The molecule has 0 radical (unpaired) electrons. The Labute approximate surface area is 112 Å². The van der Waals surface area contributed by atoms with Crippen molar-refractivity contribution in [3.63, 3.8) is 0 Å². The van der Waals surface area contributed by atoms with Crippen LogP contribution in [-0.4, -0.2) is 29.3 Å². The summed E-state index contributed by atoms with van der Waals surface area (Å²) in [6, 6.07) is 5.93. The van der Waals surface area contributed by atoms with Gasteiger partial charge in [-0.3, -0.25) is 4.79 Å². The first-order chi connectivity index (χ1) is 8.72. The maximum absolute atomic E-state index is 13.2. The summed E-state index contributed by atoms with van der Waals surface area (Å²) in [5.41, 5.74) is 0.409. The van der Waals surface area contributed by atoms with E-state index >= 15 is 0 Å². The predicted molar refractivity (Wildman–Crippen MR) is 70.4 cm³/mol. The fraction of sp³-hybridized carbons (Fsp3) is 0.500. The average molecular weight is 270 g/mol.